The van der Waals surface area contributed by atoms with Crippen LogP contribution in [0.5, 0.6) is 0 Å². The molecule has 0 spiro atoms. The number of nitrogens with zero attached hydrogens (tertiary/aromatic N) is 1. The van der Waals surface area contributed by atoms with E-state index in [9.17, 15) is 14.9 Å². The van der Waals surface area contributed by atoms with Crippen molar-refractivity contribution < 1.29 is 14.5 Å². The largest absolute Gasteiger partial charge is 0.454 e. The Kier molecular flexibility index (Phi) is 4.55. The van der Waals surface area contributed by atoms with Crippen LogP contribution in [0.2, 0.25) is 5.02 Å². The highest BCUT2D eigenvalue weighted by molar-refractivity contribution is 6.33. The van der Waals surface area contributed by atoms with Crippen molar-refractivity contribution in [2.75, 3.05) is 0 Å². The summed E-state index contributed by atoms with van der Waals surface area (Å²) in [5.41, 5.74) is 0.779. The van der Waals surface area contributed by atoms with Gasteiger partial charge >= 0.3 is 5.97 Å². The first kappa shape index (κ1) is 15.0. The molecule has 5 nitrogen and oxygen atoms in total. The zero-order chi connectivity index (χ0) is 15.4. The minimum absolute atomic E-state index is 0.00513. The third-order valence-corrected chi connectivity index (χ3v) is 3.25. The number of nitro benzene ring substituents is 1. The predicted octanol–water partition coefficient (Wildman–Crippen LogP) is 4.17. The Hall–Kier alpha value is -2.40. The zero-order valence-corrected chi connectivity index (χ0v) is 11.9. The molecule has 0 aliphatic heterocycles. The van der Waals surface area contributed by atoms with E-state index >= 15 is 0 Å². The number of benzene rings is 2. The molecule has 0 saturated carbocycles. The summed E-state index contributed by atoms with van der Waals surface area (Å²) in [5.74, 6) is -0.619. The number of rotatable bonds is 4. The van der Waals surface area contributed by atoms with Crippen molar-refractivity contribution in [1.29, 1.82) is 0 Å². The molecular weight excluding hydrogens is 294 g/mol. The molecular formula is C15H12ClNO4. The second-order valence-electron chi connectivity index (χ2n) is 4.38. The number of carbonyl (C=O) groups excluding carboxylic acids is 1. The van der Waals surface area contributed by atoms with E-state index in [-0.39, 0.29) is 16.3 Å². The van der Waals surface area contributed by atoms with Gasteiger partial charge in [-0.3, -0.25) is 10.1 Å². The molecule has 21 heavy (non-hydrogen) atoms. The molecule has 2 rings (SSSR count). The maximum Gasteiger partial charge on any atom is 0.340 e. The second kappa shape index (κ2) is 6.37. The van der Waals surface area contributed by atoms with Gasteiger partial charge in [0.05, 0.1) is 15.5 Å². The Morgan fingerprint density at radius 3 is 2.48 bits per heavy atom. The van der Waals surface area contributed by atoms with Gasteiger partial charge in [0, 0.05) is 12.1 Å². The predicted molar refractivity (Wildman–Crippen MR) is 78.4 cm³/mol. The number of hydrogen-bond donors (Lipinski definition) is 0. The Labute approximate surface area is 126 Å². The van der Waals surface area contributed by atoms with Crippen molar-refractivity contribution >= 4 is 23.3 Å². The highest BCUT2D eigenvalue weighted by atomic mass is 35.5. The number of ether oxygens (including phenoxy) is 1. The summed E-state index contributed by atoms with van der Waals surface area (Å²) in [7, 11) is 0. The summed E-state index contributed by atoms with van der Waals surface area (Å²) in [6.07, 6.45) is -0.440. The average Bonchev–Trinajstić information content (AvgIpc) is 2.47. The van der Waals surface area contributed by atoms with Crippen LogP contribution in [0.4, 0.5) is 5.69 Å². The SMILES string of the molecule is C[C@@H](OC(=O)c1ccc([N+](=O)[O-])cc1Cl)c1ccccc1. The number of nitro groups is 1. The Morgan fingerprint density at radius 2 is 1.90 bits per heavy atom. The van der Waals surface area contributed by atoms with Crippen LogP contribution in [-0.2, 0) is 4.74 Å². The second-order valence-corrected chi connectivity index (χ2v) is 4.79. The normalized spacial score (nSPS) is 11.7. The molecule has 0 N–H and O–H groups in total. The fourth-order valence-electron chi connectivity index (χ4n) is 1.80. The monoisotopic (exact) mass is 305 g/mol. The minimum atomic E-state index is -0.619. The standard InChI is InChI=1S/C15H12ClNO4/c1-10(11-5-3-2-4-6-11)21-15(18)13-8-7-12(17(19)20)9-14(13)16/h2-10H,1H3/t10-/m1/s1. The van der Waals surface area contributed by atoms with E-state index in [0.29, 0.717) is 0 Å². The van der Waals surface area contributed by atoms with Crippen LogP contribution in [0, 0.1) is 10.1 Å². The van der Waals surface area contributed by atoms with Crippen LogP contribution >= 0.6 is 11.6 Å². The lowest BCUT2D eigenvalue weighted by Crippen LogP contribution is -2.10. The van der Waals surface area contributed by atoms with E-state index in [1.54, 1.807) is 6.92 Å². The maximum atomic E-state index is 12.1. The number of carbonyl (C=O) groups is 1. The zero-order valence-electron chi connectivity index (χ0n) is 11.2. The lowest BCUT2D eigenvalue weighted by Gasteiger charge is -2.14. The van der Waals surface area contributed by atoms with Gasteiger partial charge in [0.2, 0.25) is 0 Å². The summed E-state index contributed by atoms with van der Waals surface area (Å²) in [6.45, 7) is 1.74. The minimum Gasteiger partial charge on any atom is -0.454 e. The van der Waals surface area contributed by atoms with Crippen molar-refractivity contribution in [2.24, 2.45) is 0 Å². The topological polar surface area (TPSA) is 69.4 Å². The molecule has 0 aromatic heterocycles. The first-order valence-electron chi connectivity index (χ1n) is 6.19. The van der Waals surface area contributed by atoms with Crippen LogP contribution in [-0.4, -0.2) is 10.9 Å². The fraction of sp³-hybridized carbons (Fsp3) is 0.133. The van der Waals surface area contributed by atoms with Crippen LogP contribution < -0.4 is 0 Å². The third kappa shape index (κ3) is 3.58. The van der Waals surface area contributed by atoms with Gasteiger partial charge in [-0.25, -0.2) is 4.79 Å². The lowest BCUT2D eigenvalue weighted by molar-refractivity contribution is -0.384. The number of esters is 1. The lowest BCUT2D eigenvalue weighted by atomic mass is 10.1. The van der Waals surface area contributed by atoms with Gasteiger partial charge in [-0.1, -0.05) is 41.9 Å². The molecule has 0 unspecified atom stereocenters. The van der Waals surface area contributed by atoms with E-state index in [0.717, 1.165) is 11.6 Å². The summed E-state index contributed by atoms with van der Waals surface area (Å²) in [5, 5.41) is 10.6. The number of hydrogen-bond acceptors (Lipinski definition) is 4. The molecule has 0 bridgehead atoms. The maximum absolute atomic E-state index is 12.1. The first-order valence-corrected chi connectivity index (χ1v) is 6.56. The molecule has 2 aromatic rings. The van der Waals surface area contributed by atoms with Gasteiger partial charge in [0.1, 0.15) is 6.10 Å². The van der Waals surface area contributed by atoms with Gasteiger partial charge in [-0.05, 0) is 18.6 Å². The van der Waals surface area contributed by atoms with Gasteiger partial charge in [0.15, 0.2) is 0 Å². The van der Waals surface area contributed by atoms with Gasteiger partial charge < -0.3 is 4.74 Å². The van der Waals surface area contributed by atoms with Crippen molar-refractivity contribution in [3.05, 3.63) is 74.8 Å². The van der Waals surface area contributed by atoms with E-state index in [1.807, 2.05) is 30.3 Å². The molecule has 0 aliphatic carbocycles. The molecule has 0 saturated heterocycles. The van der Waals surface area contributed by atoms with Crippen LogP contribution in [0.15, 0.2) is 48.5 Å². The highest BCUT2D eigenvalue weighted by Crippen LogP contribution is 2.25. The molecule has 1 atom stereocenters. The molecule has 2 aromatic carbocycles. The van der Waals surface area contributed by atoms with E-state index in [4.69, 9.17) is 16.3 Å². The smallest absolute Gasteiger partial charge is 0.340 e. The Balaban J connectivity index is 2.15. The number of halogens is 1. The molecule has 108 valence electrons. The van der Waals surface area contributed by atoms with Crippen molar-refractivity contribution in [3.8, 4) is 0 Å². The van der Waals surface area contributed by atoms with Gasteiger partial charge in [-0.2, -0.15) is 0 Å². The molecule has 0 amide bonds. The summed E-state index contributed by atoms with van der Waals surface area (Å²) in [4.78, 5) is 22.1. The molecule has 0 fully saturated rings. The average molecular weight is 306 g/mol. The summed E-state index contributed by atoms with van der Waals surface area (Å²) < 4.78 is 5.31. The van der Waals surface area contributed by atoms with E-state index in [1.165, 1.54) is 12.1 Å². The van der Waals surface area contributed by atoms with Crippen LogP contribution in [0.1, 0.15) is 28.9 Å². The Morgan fingerprint density at radius 1 is 1.24 bits per heavy atom. The quantitative estimate of drug-likeness (QED) is 0.483. The molecule has 0 radical (unpaired) electrons. The van der Waals surface area contributed by atoms with Crippen molar-refractivity contribution in [1.82, 2.24) is 0 Å². The molecule has 6 heteroatoms. The van der Waals surface area contributed by atoms with Crippen LogP contribution in [0.25, 0.3) is 0 Å². The molecule has 0 aliphatic rings. The Bertz CT molecular complexity index is 673. The van der Waals surface area contributed by atoms with Crippen LogP contribution in [0.3, 0.4) is 0 Å². The first-order chi connectivity index (χ1) is 9.99. The van der Waals surface area contributed by atoms with E-state index < -0.39 is 17.0 Å². The van der Waals surface area contributed by atoms with Gasteiger partial charge in [-0.15, -0.1) is 0 Å². The van der Waals surface area contributed by atoms with Crippen molar-refractivity contribution in [3.63, 3.8) is 0 Å². The van der Waals surface area contributed by atoms with E-state index in [2.05, 4.69) is 0 Å². The fourth-order valence-corrected chi connectivity index (χ4v) is 2.05. The third-order valence-electron chi connectivity index (χ3n) is 2.94. The molecule has 0 heterocycles. The number of non-ortho nitro benzene ring substituents is 1. The van der Waals surface area contributed by atoms with Crippen molar-refractivity contribution in [2.45, 2.75) is 13.0 Å². The summed E-state index contributed by atoms with van der Waals surface area (Å²) >= 11 is 5.89. The summed E-state index contributed by atoms with van der Waals surface area (Å²) in [6, 6.07) is 12.9. The van der Waals surface area contributed by atoms with Gasteiger partial charge in [0.25, 0.3) is 5.69 Å². The highest BCUT2D eigenvalue weighted by Gasteiger charge is 2.18.